The minimum absolute atomic E-state index is 0.0628. The molecular weight excluding hydrogens is 276 g/mol. The monoisotopic (exact) mass is 308 g/mol. The highest BCUT2D eigenvalue weighted by atomic mass is 16.3. The number of Topliss-reactive ketones (excluding diaryl/α,β-unsaturated/α-hetero) is 1. The molecule has 2 aliphatic carbocycles. The van der Waals surface area contributed by atoms with E-state index in [4.69, 9.17) is 0 Å². The van der Waals surface area contributed by atoms with Crippen LogP contribution in [0.15, 0.2) is 11.8 Å². The summed E-state index contributed by atoms with van der Waals surface area (Å²) in [5, 5.41) is 10.3. The van der Waals surface area contributed by atoms with Gasteiger partial charge in [0.15, 0.2) is 0 Å². The fourth-order valence-electron chi connectivity index (χ4n) is 4.20. The second kappa shape index (κ2) is 5.97. The zero-order valence-electron chi connectivity index (χ0n) is 14.9. The molecule has 0 aromatic rings. The predicted octanol–water partition coefficient (Wildman–Crippen LogP) is 2.79. The second-order valence-electron chi connectivity index (χ2n) is 8.68. The van der Waals surface area contributed by atoms with Crippen molar-refractivity contribution in [2.75, 3.05) is 0 Å². The van der Waals surface area contributed by atoms with Crippen molar-refractivity contribution in [1.29, 1.82) is 0 Å². The van der Waals surface area contributed by atoms with E-state index >= 15 is 0 Å². The van der Waals surface area contributed by atoms with Gasteiger partial charge in [0.2, 0.25) is 0 Å². The highest BCUT2D eigenvalue weighted by molar-refractivity contribution is 5.89. The van der Waals surface area contributed by atoms with Crippen molar-refractivity contribution in [3.8, 4) is 0 Å². The van der Waals surface area contributed by atoms with Crippen LogP contribution in [-0.2, 0) is 4.79 Å². The first-order valence-electron chi connectivity index (χ1n) is 8.48. The molecule has 0 aromatic carbocycles. The Kier molecular flexibility index (Phi) is 4.74. The summed E-state index contributed by atoms with van der Waals surface area (Å²) in [6.07, 6.45) is 4.48. The van der Waals surface area contributed by atoms with Crippen LogP contribution in [-0.4, -0.2) is 23.0 Å². The van der Waals surface area contributed by atoms with Gasteiger partial charge in [-0.15, -0.1) is 0 Å². The van der Waals surface area contributed by atoms with E-state index in [-0.39, 0.29) is 17.4 Å². The van der Waals surface area contributed by atoms with Crippen LogP contribution in [0.3, 0.4) is 0 Å². The molecule has 2 rings (SSSR count). The van der Waals surface area contributed by atoms with Gasteiger partial charge >= 0.3 is 0 Å². The predicted molar refractivity (Wildman–Crippen MR) is 88.9 cm³/mol. The van der Waals surface area contributed by atoms with Gasteiger partial charge in [0, 0.05) is 23.1 Å². The van der Waals surface area contributed by atoms with Crippen molar-refractivity contribution in [2.24, 2.45) is 22.7 Å². The number of hydrazine groups is 1. The fraction of sp³-hybridized carbons (Fsp3) is 0.833. The van der Waals surface area contributed by atoms with Crippen LogP contribution in [0.25, 0.3) is 0 Å². The van der Waals surface area contributed by atoms with Crippen LogP contribution in [0.2, 0.25) is 0 Å². The molecule has 1 fully saturated rings. The lowest BCUT2D eigenvalue weighted by molar-refractivity contribution is -0.129. The lowest BCUT2D eigenvalue weighted by Gasteiger charge is -2.44. The maximum atomic E-state index is 12.1. The molecule has 4 heteroatoms. The number of rotatable bonds is 3. The molecule has 4 unspecified atom stereocenters. The Bertz CT molecular complexity index is 468. The molecule has 126 valence electrons. The summed E-state index contributed by atoms with van der Waals surface area (Å²) >= 11 is 0. The van der Waals surface area contributed by atoms with Gasteiger partial charge in [-0.1, -0.05) is 33.8 Å². The second-order valence-corrected chi connectivity index (χ2v) is 8.68. The minimum atomic E-state index is -0.392. The summed E-state index contributed by atoms with van der Waals surface area (Å²) in [6.45, 7) is 12.3. The number of ketones is 1. The average molecular weight is 308 g/mol. The first-order chi connectivity index (χ1) is 10.0. The van der Waals surface area contributed by atoms with Crippen molar-refractivity contribution in [2.45, 2.75) is 73.0 Å². The topological polar surface area (TPSA) is 61.4 Å². The first-order valence-corrected chi connectivity index (χ1v) is 8.48. The molecule has 0 bridgehead atoms. The molecule has 0 amide bonds. The summed E-state index contributed by atoms with van der Waals surface area (Å²) < 4.78 is 0. The van der Waals surface area contributed by atoms with E-state index in [0.29, 0.717) is 17.7 Å². The summed E-state index contributed by atoms with van der Waals surface area (Å²) in [6, 6.07) is 0.338. The van der Waals surface area contributed by atoms with Gasteiger partial charge in [0.05, 0.1) is 6.10 Å². The summed E-state index contributed by atoms with van der Waals surface area (Å²) in [5.74, 6) is 0.668. The van der Waals surface area contributed by atoms with Crippen LogP contribution in [0, 0.1) is 22.7 Å². The Morgan fingerprint density at radius 1 is 1.23 bits per heavy atom. The zero-order valence-corrected chi connectivity index (χ0v) is 14.9. The molecule has 3 N–H and O–H groups in total. The first kappa shape index (κ1) is 17.5. The summed E-state index contributed by atoms with van der Waals surface area (Å²) in [7, 11) is 0. The van der Waals surface area contributed by atoms with E-state index in [9.17, 15) is 9.90 Å². The average Bonchev–Trinajstić information content (AvgIpc) is 2.39. The van der Waals surface area contributed by atoms with E-state index in [1.165, 1.54) is 0 Å². The van der Waals surface area contributed by atoms with Gasteiger partial charge in [-0.25, -0.2) is 5.43 Å². The summed E-state index contributed by atoms with van der Waals surface area (Å²) in [4.78, 5) is 12.1. The third-order valence-electron chi connectivity index (χ3n) is 5.35. The number of hydrogen-bond donors (Lipinski definition) is 3. The molecule has 0 aromatic heterocycles. The van der Waals surface area contributed by atoms with Crippen LogP contribution < -0.4 is 10.9 Å². The van der Waals surface area contributed by atoms with E-state index < -0.39 is 5.41 Å². The lowest BCUT2D eigenvalue weighted by Crippen LogP contribution is -2.52. The zero-order chi connectivity index (χ0) is 16.7. The van der Waals surface area contributed by atoms with E-state index in [0.717, 1.165) is 25.0 Å². The molecule has 22 heavy (non-hydrogen) atoms. The molecule has 1 saturated carbocycles. The van der Waals surface area contributed by atoms with Gasteiger partial charge < -0.3 is 10.5 Å². The van der Waals surface area contributed by atoms with E-state index in [1.807, 2.05) is 20.8 Å². The molecule has 0 saturated heterocycles. The Hall–Kier alpha value is -0.870. The number of carbonyl (C=O) groups is 1. The number of nitrogens with one attached hydrogen (secondary N) is 2. The molecular formula is C18H32N2O2. The Balaban J connectivity index is 1.98. The molecule has 0 heterocycles. The lowest BCUT2D eigenvalue weighted by atomic mass is 9.68. The van der Waals surface area contributed by atoms with Gasteiger partial charge in [-0.2, -0.15) is 0 Å². The van der Waals surface area contributed by atoms with Crippen LogP contribution >= 0.6 is 0 Å². The SMILES string of the molecule is CC1CC(NNC2CC(C)C(O)C(C)(C)C2)=CC(C)(C)C1=O. The molecule has 0 spiro atoms. The van der Waals surface area contributed by atoms with Gasteiger partial charge in [0.25, 0.3) is 0 Å². The van der Waals surface area contributed by atoms with Crippen LogP contribution in [0.1, 0.15) is 60.8 Å². The number of carbonyl (C=O) groups excluding carboxylic acids is 1. The van der Waals surface area contributed by atoms with Crippen molar-refractivity contribution >= 4 is 5.78 Å². The highest BCUT2D eigenvalue weighted by Gasteiger charge is 2.40. The van der Waals surface area contributed by atoms with Crippen molar-refractivity contribution in [3.05, 3.63) is 11.8 Å². The normalized spacial score (nSPS) is 37.6. The summed E-state index contributed by atoms with van der Waals surface area (Å²) in [5.41, 5.74) is 7.42. The fourth-order valence-corrected chi connectivity index (χ4v) is 4.20. The number of allylic oxidation sites excluding steroid dienone is 2. The molecule has 4 nitrogen and oxygen atoms in total. The van der Waals surface area contributed by atoms with Crippen LogP contribution in [0.5, 0.6) is 0 Å². The Labute approximate surface area is 134 Å². The third-order valence-corrected chi connectivity index (χ3v) is 5.35. The standard InChI is InChI=1S/C18H32N2O2/c1-11-7-13(9-17(3,4)15(11)21)19-20-14-8-12(2)16(22)18(5,6)10-14/h9,11-12,14,16,19-20,22H,7-8,10H2,1-6H3. The van der Waals surface area contributed by atoms with Crippen molar-refractivity contribution in [1.82, 2.24) is 10.9 Å². The molecule has 4 atom stereocenters. The molecule has 0 aliphatic heterocycles. The molecule has 2 aliphatic rings. The Morgan fingerprint density at radius 2 is 1.86 bits per heavy atom. The van der Waals surface area contributed by atoms with E-state index in [2.05, 4.69) is 37.7 Å². The number of aliphatic hydroxyl groups excluding tert-OH is 1. The maximum Gasteiger partial charge on any atom is 0.145 e. The number of aliphatic hydroxyl groups is 1. The third kappa shape index (κ3) is 3.54. The smallest absolute Gasteiger partial charge is 0.145 e. The minimum Gasteiger partial charge on any atom is -0.392 e. The van der Waals surface area contributed by atoms with E-state index in [1.54, 1.807) is 0 Å². The molecule has 0 radical (unpaired) electrons. The Morgan fingerprint density at radius 3 is 2.41 bits per heavy atom. The van der Waals surface area contributed by atoms with Crippen LogP contribution in [0.4, 0.5) is 0 Å². The highest BCUT2D eigenvalue weighted by Crippen LogP contribution is 2.39. The maximum absolute atomic E-state index is 12.1. The van der Waals surface area contributed by atoms with Gasteiger partial charge in [-0.3, -0.25) is 4.79 Å². The van der Waals surface area contributed by atoms with Crippen molar-refractivity contribution < 1.29 is 9.90 Å². The van der Waals surface area contributed by atoms with Crippen molar-refractivity contribution in [3.63, 3.8) is 0 Å². The van der Waals surface area contributed by atoms with Gasteiger partial charge in [-0.05, 0) is 44.4 Å². The number of hydrogen-bond acceptors (Lipinski definition) is 4. The largest absolute Gasteiger partial charge is 0.392 e. The quantitative estimate of drug-likeness (QED) is 0.702. The van der Waals surface area contributed by atoms with Gasteiger partial charge in [0.1, 0.15) is 5.78 Å².